The topological polar surface area (TPSA) is 105 Å². The number of nitriles is 1. The Labute approximate surface area is 134 Å². The van der Waals surface area contributed by atoms with Crippen molar-refractivity contribution in [2.75, 3.05) is 6.61 Å². The SMILES string of the molecule is Cc1ccc([N+](=O)[O-])c(OCC(=O)NC2(C#N)CCCCC2)c1. The van der Waals surface area contributed by atoms with Crippen LogP contribution < -0.4 is 10.1 Å². The largest absolute Gasteiger partial charge is 0.477 e. The first-order chi connectivity index (χ1) is 11.0. The molecule has 1 aromatic carbocycles. The molecule has 1 aliphatic rings. The third kappa shape index (κ3) is 4.19. The van der Waals surface area contributed by atoms with Crippen molar-refractivity contribution in [2.45, 2.75) is 44.6 Å². The molecule has 0 bridgehead atoms. The fraction of sp³-hybridized carbons (Fsp3) is 0.500. The van der Waals surface area contributed by atoms with Gasteiger partial charge in [0.15, 0.2) is 12.4 Å². The molecule has 1 amide bonds. The van der Waals surface area contributed by atoms with Crippen LogP contribution in [0.4, 0.5) is 5.69 Å². The summed E-state index contributed by atoms with van der Waals surface area (Å²) in [6.45, 7) is 1.43. The van der Waals surface area contributed by atoms with Gasteiger partial charge in [0.1, 0.15) is 5.54 Å². The molecular formula is C16H19N3O4. The van der Waals surface area contributed by atoms with E-state index in [4.69, 9.17) is 4.74 Å². The lowest BCUT2D eigenvalue weighted by molar-refractivity contribution is -0.385. The summed E-state index contributed by atoms with van der Waals surface area (Å²) in [7, 11) is 0. The molecule has 1 fully saturated rings. The van der Waals surface area contributed by atoms with Crippen molar-refractivity contribution >= 4 is 11.6 Å². The van der Waals surface area contributed by atoms with Crippen molar-refractivity contribution in [3.05, 3.63) is 33.9 Å². The number of nitrogens with zero attached hydrogens (tertiary/aromatic N) is 2. The minimum Gasteiger partial charge on any atom is -0.477 e. The molecule has 1 aromatic rings. The standard InChI is InChI=1S/C16H19N3O4/c1-12-5-6-13(19(21)22)14(9-12)23-10-15(20)18-16(11-17)7-3-2-4-8-16/h5-6,9H,2-4,7-8,10H2,1H3,(H,18,20). The van der Waals surface area contributed by atoms with Gasteiger partial charge in [-0.2, -0.15) is 5.26 Å². The van der Waals surface area contributed by atoms with E-state index >= 15 is 0 Å². The number of nitrogens with one attached hydrogen (secondary N) is 1. The first-order valence-electron chi connectivity index (χ1n) is 7.56. The van der Waals surface area contributed by atoms with Gasteiger partial charge in [-0.3, -0.25) is 14.9 Å². The van der Waals surface area contributed by atoms with Gasteiger partial charge in [0, 0.05) is 6.07 Å². The lowest BCUT2D eigenvalue weighted by Crippen LogP contribution is -2.50. The number of hydrogen-bond donors (Lipinski definition) is 1. The normalized spacial score (nSPS) is 16.2. The molecule has 0 radical (unpaired) electrons. The number of nitro groups is 1. The van der Waals surface area contributed by atoms with E-state index in [-0.39, 0.29) is 18.0 Å². The van der Waals surface area contributed by atoms with Crippen LogP contribution in [-0.4, -0.2) is 23.0 Å². The van der Waals surface area contributed by atoms with Crippen LogP contribution in [0.25, 0.3) is 0 Å². The van der Waals surface area contributed by atoms with E-state index in [0.29, 0.717) is 12.8 Å². The zero-order chi connectivity index (χ0) is 16.9. The Kier molecular flexibility index (Phi) is 5.16. The molecular weight excluding hydrogens is 298 g/mol. The summed E-state index contributed by atoms with van der Waals surface area (Å²) in [5.74, 6) is -0.385. The molecule has 0 atom stereocenters. The van der Waals surface area contributed by atoms with Crippen molar-refractivity contribution in [3.8, 4) is 11.8 Å². The van der Waals surface area contributed by atoms with Gasteiger partial charge in [-0.1, -0.05) is 25.3 Å². The van der Waals surface area contributed by atoms with E-state index in [1.54, 1.807) is 13.0 Å². The summed E-state index contributed by atoms with van der Waals surface area (Å²) in [5, 5.41) is 23.0. The Balaban J connectivity index is 2.01. The van der Waals surface area contributed by atoms with Gasteiger partial charge in [-0.05, 0) is 31.4 Å². The van der Waals surface area contributed by atoms with Crippen molar-refractivity contribution < 1.29 is 14.5 Å². The number of aryl methyl sites for hydroxylation is 1. The fourth-order valence-electron chi connectivity index (χ4n) is 2.75. The monoisotopic (exact) mass is 317 g/mol. The van der Waals surface area contributed by atoms with Crippen LogP contribution in [0.15, 0.2) is 18.2 Å². The average Bonchev–Trinajstić information content (AvgIpc) is 2.53. The van der Waals surface area contributed by atoms with Gasteiger partial charge >= 0.3 is 5.69 Å². The summed E-state index contributed by atoms with van der Waals surface area (Å²) < 4.78 is 5.31. The van der Waals surface area contributed by atoms with E-state index in [0.717, 1.165) is 24.8 Å². The predicted octanol–water partition coefficient (Wildman–Crippen LogP) is 2.62. The summed E-state index contributed by atoms with van der Waals surface area (Å²) in [6, 6.07) is 6.67. The van der Waals surface area contributed by atoms with E-state index in [1.165, 1.54) is 12.1 Å². The van der Waals surface area contributed by atoms with E-state index < -0.39 is 16.4 Å². The molecule has 0 aliphatic heterocycles. The number of carbonyl (C=O) groups excluding carboxylic acids is 1. The van der Waals surface area contributed by atoms with Crippen LogP contribution in [0.3, 0.4) is 0 Å². The third-order valence-electron chi connectivity index (χ3n) is 3.97. The molecule has 7 heteroatoms. The summed E-state index contributed by atoms with van der Waals surface area (Å²) >= 11 is 0. The molecule has 2 rings (SSSR count). The maximum atomic E-state index is 12.1. The smallest absolute Gasteiger partial charge is 0.310 e. The Hall–Kier alpha value is -2.62. The van der Waals surface area contributed by atoms with E-state index in [1.807, 2.05) is 0 Å². The Morgan fingerprint density at radius 3 is 2.74 bits per heavy atom. The molecule has 1 aliphatic carbocycles. The minimum absolute atomic E-state index is 0.0554. The van der Waals surface area contributed by atoms with Gasteiger partial charge in [0.2, 0.25) is 0 Å². The first kappa shape index (κ1) is 16.7. The Morgan fingerprint density at radius 1 is 1.43 bits per heavy atom. The van der Waals surface area contributed by atoms with Gasteiger partial charge in [0.25, 0.3) is 5.91 Å². The van der Waals surface area contributed by atoms with Crippen LogP contribution in [0.1, 0.15) is 37.7 Å². The highest BCUT2D eigenvalue weighted by Crippen LogP contribution is 2.29. The van der Waals surface area contributed by atoms with Crippen molar-refractivity contribution in [3.63, 3.8) is 0 Å². The molecule has 7 nitrogen and oxygen atoms in total. The summed E-state index contributed by atoms with van der Waals surface area (Å²) in [5.41, 5.74) is -0.222. The molecule has 122 valence electrons. The van der Waals surface area contributed by atoms with Gasteiger partial charge in [0.05, 0.1) is 11.0 Å². The van der Waals surface area contributed by atoms with Crippen LogP contribution in [0.2, 0.25) is 0 Å². The molecule has 1 saturated carbocycles. The number of ether oxygens (including phenoxy) is 1. The quantitative estimate of drug-likeness (QED) is 0.664. The van der Waals surface area contributed by atoms with E-state index in [2.05, 4.69) is 11.4 Å². The van der Waals surface area contributed by atoms with Crippen molar-refractivity contribution in [1.29, 1.82) is 5.26 Å². The zero-order valence-electron chi connectivity index (χ0n) is 13.0. The summed E-state index contributed by atoms with van der Waals surface area (Å²) in [4.78, 5) is 22.5. The molecule has 23 heavy (non-hydrogen) atoms. The first-order valence-corrected chi connectivity index (χ1v) is 7.56. The molecule has 0 saturated heterocycles. The lowest BCUT2D eigenvalue weighted by atomic mass is 9.83. The maximum absolute atomic E-state index is 12.1. The second-order valence-corrected chi connectivity index (χ2v) is 5.82. The van der Waals surface area contributed by atoms with Gasteiger partial charge in [-0.15, -0.1) is 0 Å². The minimum atomic E-state index is -0.836. The summed E-state index contributed by atoms with van der Waals surface area (Å²) in [6.07, 6.45) is 4.11. The number of benzene rings is 1. The Morgan fingerprint density at radius 2 is 2.13 bits per heavy atom. The number of rotatable bonds is 5. The highest BCUT2D eigenvalue weighted by atomic mass is 16.6. The van der Waals surface area contributed by atoms with Crippen LogP contribution in [-0.2, 0) is 4.79 Å². The van der Waals surface area contributed by atoms with Crippen molar-refractivity contribution in [2.24, 2.45) is 0 Å². The molecule has 0 spiro atoms. The van der Waals surface area contributed by atoms with Crippen molar-refractivity contribution in [1.82, 2.24) is 5.32 Å². The molecule has 0 unspecified atom stereocenters. The second kappa shape index (κ2) is 7.09. The number of nitro benzene ring substituents is 1. The van der Waals surface area contributed by atoms with Gasteiger partial charge < -0.3 is 10.1 Å². The second-order valence-electron chi connectivity index (χ2n) is 5.82. The highest BCUT2D eigenvalue weighted by molar-refractivity contribution is 5.79. The maximum Gasteiger partial charge on any atom is 0.310 e. The van der Waals surface area contributed by atoms with Crippen LogP contribution >= 0.6 is 0 Å². The van der Waals surface area contributed by atoms with Crippen LogP contribution in [0, 0.1) is 28.4 Å². The lowest BCUT2D eigenvalue weighted by Gasteiger charge is -2.31. The molecule has 0 aromatic heterocycles. The predicted molar refractivity (Wildman–Crippen MR) is 82.9 cm³/mol. The van der Waals surface area contributed by atoms with Crippen LogP contribution in [0.5, 0.6) is 5.75 Å². The number of hydrogen-bond acceptors (Lipinski definition) is 5. The Bertz CT molecular complexity index is 645. The van der Waals surface area contributed by atoms with E-state index in [9.17, 15) is 20.2 Å². The zero-order valence-corrected chi connectivity index (χ0v) is 13.0. The highest BCUT2D eigenvalue weighted by Gasteiger charge is 2.33. The molecule has 0 heterocycles. The molecule has 1 N–H and O–H groups in total. The van der Waals surface area contributed by atoms with Gasteiger partial charge in [-0.25, -0.2) is 0 Å². The average molecular weight is 317 g/mol. The fourth-order valence-corrected chi connectivity index (χ4v) is 2.75. The number of carbonyl (C=O) groups is 1. The third-order valence-corrected chi connectivity index (χ3v) is 3.97. The number of amides is 1.